The summed E-state index contributed by atoms with van der Waals surface area (Å²) in [5.74, 6) is 1.84. The number of carbonyl (C=O) groups is 1. The molecule has 0 N–H and O–H groups in total. The summed E-state index contributed by atoms with van der Waals surface area (Å²) >= 11 is 0. The molecule has 0 fully saturated rings. The summed E-state index contributed by atoms with van der Waals surface area (Å²) in [7, 11) is 1.82. The Morgan fingerprint density at radius 3 is 2.26 bits per heavy atom. The number of benzene rings is 1. The topological polar surface area (TPSA) is 33.5 Å². The van der Waals surface area contributed by atoms with Crippen molar-refractivity contribution < 1.29 is 9.21 Å². The molecule has 1 aromatic heterocycles. The predicted molar refractivity (Wildman–Crippen MR) is 93.4 cm³/mol. The Labute approximate surface area is 139 Å². The van der Waals surface area contributed by atoms with E-state index < -0.39 is 0 Å². The Balaban J connectivity index is 1.86. The van der Waals surface area contributed by atoms with Gasteiger partial charge in [0.2, 0.25) is 5.91 Å². The van der Waals surface area contributed by atoms with E-state index in [2.05, 4.69) is 45.0 Å². The lowest BCUT2D eigenvalue weighted by Gasteiger charge is -2.19. The van der Waals surface area contributed by atoms with Crippen LogP contribution in [0.5, 0.6) is 0 Å². The van der Waals surface area contributed by atoms with Crippen LogP contribution in [-0.2, 0) is 23.2 Å². The number of furan rings is 1. The molecule has 124 valence electrons. The second-order valence-corrected chi connectivity index (χ2v) is 7.21. The Hall–Kier alpha value is -2.03. The number of carbonyl (C=O) groups excluding carboxylic acids is 1. The fourth-order valence-electron chi connectivity index (χ4n) is 2.51. The monoisotopic (exact) mass is 313 g/mol. The molecule has 2 aromatic rings. The highest BCUT2D eigenvalue weighted by molar-refractivity contribution is 5.76. The van der Waals surface area contributed by atoms with Gasteiger partial charge in [-0.1, -0.05) is 45.0 Å². The van der Waals surface area contributed by atoms with Crippen LogP contribution in [0.4, 0.5) is 0 Å². The molecular weight excluding hydrogens is 286 g/mol. The highest BCUT2D eigenvalue weighted by Gasteiger charge is 2.14. The molecule has 1 amide bonds. The zero-order valence-electron chi connectivity index (χ0n) is 14.8. The van der Waals surface area contributed by atoms with E-state index in [1.807, 2.05) is 26.1 Å². The third-order valence-electron chi connectivity index (χ3n) is 4.06. The molecular formula is C20H27NO2. The average molecular weight is 313 g/mol. The molecule has 0 bridgehead atoms. The fraction of sp³-hybridized carbons (Fsp3) is 0.450. The molecule has 0 saturated carbocycles. The van der Waals surface area contributed by atoms with Gasteiger partial charge in [0, 0.05) is 13.5 Å². The Bertz CT molecular complexity index is 647. The first-order valence-electron chi connectivity index (χ1n) is 8.14. The number of rotatable bonds is 5. The van der Waals surface area contributed by atoms with Crippen molar-refractivity contribution in [3.05, 3.63) is 59.0 Å². The summed E-state index contributed by atoms with van der Waals surface area (Å²) < 4.78 is 5.52. The predicted octanol–water partition coefficient (Wildman–Crippen LogP) is 4.48. The number of amides is 1. The van der Waals surface area contributed by atoms with Crippen LogP contribution in [0.3, 0.4) is 0 Å². The largest absolute Gasteiger partial charge is 0.464 e. The Kier molecular flexibility index (Phi) is 5.30. The van der Waals surface area contributed by atoms with E-state index in [0.29, 0.717) is 13.0 Å². The second-order valence-electron chi connectivity index (χ2n) is 7.21. The van der Waals surface area contributed by atoms with Gasteiger partial charge in [0.1, 0.15) is 11.5 Å². The SMILES string of the molecule is Cc1ccc(CN(C)C(=O)CCc2ccc(C(C)(C)C)cc2)o1. The molecule has 0 aliphatic heterocycles. The summed E-state index contributed by atoms with van der Waals surface area (Å²) in [5, 5.41) is 0. The van der Waals surface area contributed by atoms with Gasteiger partial charge in [-0.3, -0.25) is 4.79 Å². The van der Waals surface area contributed by atoms with Crippen LogP contribution in [0.15, 0.2) is 40.8 Å². The van der Waals surface area contributed by atoms with E-state index in [1.54, 1.807) is 4.90 Å². The number of hydrogen-bond acceptors (Lipinski definition) is 2. The number of aryl methyl sites for hydroxylation is 2. The normalized spacial score (nSPS) is 11.5. The van der Waals surface area contributed by atoms with Crippen LogP contribution >= 0.6 is 0 Å². The van der Waals surface area contributed by atoms with E-state index >= 15 is 0 Å². The standard InChI is InChI=1S/C20H27NO2/c1-15-6-12-18(23-15)14-21(5)19(22)13-9-16-7-10-17(11-8-16)20(2,3)4/h6-8,10-12H,9,13-14H2,1-5H3. The highest BCUT2D eigenvalue weighted by atomic mass is 16.3. The second kappa shape index (κ2) is 7.03. The van der Waals surface area contributed by atoms with Gasteiger partial charge >= 0.3 is 0 Å². The lowest BCUT2D eigenvalue weighted by Crippen LogP contribution is -2.26. The lowest BCUT2D eigenvalue weighted by molar-refractivity contribution is -0.130. The molecule has 0 atom stereocenters. The first-order valence-corrected chi connectivity index (χ1v) is 8.14. The highest BCUT2D eigenvalue weighted by Crippen LogP contribution is 2.22. The molecule has 3 nitrogen and oxygen atoms in total. The molecule has 0 unspecified atom stereocenters. The third kappa shape index (κ3) is 4.98. The minimum atomic E-state index is 0.138. The van der Waals surface area contributed by atoms with Crippen molar-refractivity contribution in [1.29, 1.82) is 0 Å². The maximum Gasteiger partial charge on any atom is 0.223 e. The van der Waals surface area contributed by atoms with Crippen LogP contribution in [-0.4, -0.2) is 17.9 Å². The van der Waals surface area contributed by atoms with Crippen molar-refractivity contribution in [2.45, 2.75) is 52.5 Å². The first-order chi connectivity index (χ1) is 10.8. The Morgan fingerprint density at radius 1 is 1.09 bits per heavy atom. The number of nitrogens with zero attached hydrogens (tertiary/aromatic N) is 1. The maximum atomic E-state index is 12.2. The van der Waals surface area contributed by atoms with E-state index in [4.69, 9.17) is 4.42 Å². The molecule has 0 aliphatic carbocycles. The van der Waals surface area contributed by atoms with Crippen molar-refractivity contribution in [2.75, 3.05) is 7.05 Å². The van der Waals surface area contributed by atoms with Crippen LogP contribution in [0.2, 0.25) is 0 Å². The molecule has 1 heterocycles. The van der Waals surface area contributed by atoms with Crippen molar-refractivity contribution in [2.24, 2.45) is 0 Å². The molecule has 1 aromatic carbocycles. The molecule has 2 rings (SSSR count). The third-order valence-corrected chi connectivity index (χ3v) is 4.06. The van der Waals surface area contributed by atoms with Gasteiger partial charge in [0.15, 0.2) is 0 Å². The van der Waals surface area contributed by atoms with Crippen molar-refractivity contribution in [1.82, 2.24) is 4.90 Å². The van der Waals surface area contributed by atoms with Crippen LogP contribution in [0.1, 0.15) is 49.8 Å². The zero-order valence-corrected chi connectivity index (χ0v) is 14.8. The summed E-state index contributed by atoms with van der Waals surface area (Å²) in [5.41, 5.74) is 2.68. The van der Waals surface area contributed by atoms with E-state index in [1.165, 1.54) is 11.1 Å². The molecule has 0 aliphatic rings. The molecule has 3 heteroatoms. The van der Waals surface area contributed by atoms with Crippen molar-refractivity contribution >= 4 is 5.91 Å². The first kappa shape index (κ1) is 17.3. The van der Waals surface area contributed by atoms with Crippen LogP contribution in [0, 0.1) is 6.92 Å². The minimum Gasteiger partial charge on any atom is -0.464 e. The van der Waals surface area contributed by atoms with Gasteiger partial charge in [-0.25, -0.2) is 0 Å². The quantitative estimate of drug-likeness (QED) is 0.815. The summed E-state index contributed by atoms with van der Waals surface area (Å²) in [4.78, 5) is 14.0. The van der Waals surface area contributed by atoms with E-state index in [-0.39, 0.29) is 11.3 Å². The zero-order chi connectivity index (χ0) is 17.0. The van der Waals surface area contributed by atoms with Gasteiger partial charge < -0.3 is 9.32 Å². The maximum absolute atomic E-state index is 12.2. The summed E-state index contributed by atoms with van der Waals surface area (Å²) in [6.45, 7) is 9.05. The summed E-state index contributed by atoms with van der Waals surface area (Å²) in [6.07, 6.45) is 1.29. The Morgan fingerprint density at radius 2 is 1.74 bits per heavy atom. The van der Waals surface area contributed by atoms with Gasteiger partial charge in [-0.2, -0.15) is 0 Å². The lowest BCUT2D eigenvalue weighted by atomic mass is 9.86. The van der Waals surface area contributed by atoms with E-state index in [0.717, 1.165) is 17.9 Å². The van der Waals surface area contributed by atoms with Crippen LogP contribution in [0.25, 0.3) is 0 Å². The van der Waals surface area contributed by atoms with Crippen molar-refractivity contribution in [3.8, 4) is 0 Å². The average Bonchev–Trinajstić information content (AvgIpc) is 2.89. The van der Waals surface area contributed by atoms with Gasteiger partial charge in [0.25, 0.3) is 0 Å². The van der Waals surface area contributed by atoms with Gasteiger partial charge in [-0.15, -0.1) is 0 Å². The fourth-order valence-corrected chi connectivity index (χ4v) is 2.51. The van der Waals surface area contributed by atoms with Crippen molar-refractivity contribution in [3.63, 3.8) is 0 Å². The van der Waals surface area contributed by atoms with Crippen LogP contribution < -0.4 is 0 Å². The molecule has 0 saturated heterocycles. The van der Waals surface area contributed by atoms with Gasteiger partial charge in [0.05, 0.1) is 6.54 Å². The molecule has 23 heavy (non-hydrogen) atoms. The minimum absolute atomic E-state index is 0.138. The number of hydrogen-bond donors (Lipinski definition) is 0. The van der Waals surface area contributed by atoms with Gasteiger partial charge in [-0.05, 0) is 42.0 Å². The smallest absolute Gasteiger partial charge is 0.223 e. The summed E-state index contributed by atoms with van der Waals surface area (Å²) in [6, 6.07) is 12.4. The molecule has 0 spiro atoms. The molecule has 0 radical (unpaired) electrons. The van der Waals surface area contributed by atoms with E-state index in [9.17, 15) is 4.79 Å².